The van der Waals surface area contributed by atoms with E-state index < -0.39 is 0 Å². The molecule has 0 spiro atoms. The zero-order valence-electron chi connectivity index (χ0n) is 13.5. The molecule has 2 bridgehead atoms. The van der Waals surface area contributed by atoms with Gasteiger partial charge in [0.1, 0.15) is 0 Å². The van der Waals surface area contributed by atoms with E-state index in [0.29, 0.717) is 6.04 Å². The summed E-state index contributed by atoms with van der Waals surface area (Å²) in [4.78, 5) is 2.46. The fourth-order valence-electron chi connectivity index (χ4n) is 3.47. The molecule has 5 nitrogen and oxygen atoms in total. The number of nitrogens with zero attached hydrogens (tertiary/aromatic N) is 4. The first kappa shape index (κ1) is 16.7. The van der Waals surface area contributed by atoms with Gasteiger partial charge in [-0.2, -0.15) is 0 Å². The number of hydrogen-bond donors (Lipinski definition) is 1. The van der Waals surface area contributed by atoms with Crippen molar-refractivity contribution in [2.24, 2.45) is 0 Å². The monoisotopic (exact) mass is 313 g/mol. The Hall–Kier alpha value is -0.650. The highest BCUT2D eigenvalue weighted by molar-refractivity contribution is 5.85. The van der Waals surface area contributed by atoms with Gasteiger partial charge in [0.2, 0.25) is 0 Å². The molecule has 2 aliphatic rings. The first-order valence-corrected chi connectivity index (χ1v) is 7.80. The molecule has 21 heavy (non-hydrogen) atoms. The number of nitrogens with one attached hydrogen (secondary N) is 1. The Balaban J connectivity index is 0.00000161. The zero-order chi connectivity index (χ0) is 14.3. The Morgan fingerprint density at radius 1 is 1.29 bits per heavy atom. The summed E-state index contributed by atoms with van der Waals surface area (Å²) in [7, 11) is 2.23. The smallest absolute Gasteiger partial charge is 0.0967 e. The Kier molecular flexibility index (Phi) is 4.96. The van der Waals surface area contributed by atoms with Gasteiger partial charge in [-0.05, 0) is 53.5 Å². The standard InChI is InChI=1S/C15H27N5.ClH/c1-15(2,3)20-10-13(17-18-20)9-19(4)14-7-11-5-6-12(8-14)16-11;/h10-12,14,16H,5-9H2,1-4H3;1H. The molecule has 2 unspecified atom stereocenters. The molecule has 6 heteroatoms. The van der Waals surface area contributed by atoms with Crippen LogP contribution in [0.25, 0.3) is 0 Å². The highest BCUT2D eigenvalue weighted by Crippen LogP contribution is 2.29. The summed E-state index contributed by atoms with van der Waals surface area (Å²) >= 11 is 0. The van der Waals surface area contributed by atoms with Crippen LogP contribution in [0.5, 0.6) is 0 Å². The second-order valence-corrected chi connectivity index (χ2v) is 7.50. The molecule has 120 valence electrons. The Morgan fingerprint density at radius 3 is 2.43 bits per heavy atom. The summed E-state index contributed by atoms with van der Waals surface area (Å²) in [5.41, 5.74) is 1.09. The van der Waals surface area contributed by atoms with E-state index in [2.05, 4.69) is 54.5 Å². The third-order valence-electron chi connectivity index (χ3n) is 4.71. The van der Waals surface area contributed by atoms with Gasteiger partial charge >= 0.3 is 0 Å². The van der Waals surface area contributed by atoms with E-state index in [-0.39, 0.29) is 17.9 Å². The number of piperidine rings is 1. The van der Waals surface area contributed by atoms with Gasteiger partial charge in [0.25, 0.3) is 0 Å². The lowest BCUT2D eigenvalue weighted by Gasteiger charge is -2.35. The van der Waals surface area contributed by atoms with E-state index in [1.807, 2.05) is 4.68 Å². The van der Waals surface area contributed by atoms with Crippen molar-refractivity contribution < 1.29 is 0 Å². The number of aromatic nitrogens is 3. The third-order valence-corrected chi connectivity index (χ3v) is 4.71. The van der Waals surface area contributed by atoms with Gasteiger partial charge in [0.05, 0.1) is 17.4 Å². The van der Waals surface area contributed by atoms with E-state index >= 15 is 0 Å². The van der Waals surface area contributed by atoms with Gasteiger partial charge in [0.15, 0.2) is 0 Å². The van der Waals surface area contributed by atoms with Crippen molar-refractivity contribution in [3.05, 3.63) is 11.9 Å². The Labute approximate surface area is 133 Å². The van der Waals surface area contributed by atoms with Gasteiger partial charge in [-0.15, -0.1) is 17.5 Å². The maximum atomic E-state index is 4.33. The fraction of sp³-hybridized carbons (Fsp3) is 0.867. The second-order valence-electron chi connectivity index (χ2n) is 7.50. The molecular formula is C15H28ClN5. The van der Waals surface area contributed by atoms with Crippen LogP contribution in [0.4, 0.5) is 0 Å². The number of rotatable bonds is 3. The minimum Gasteiger partial charge on any atom is -0.311 e. The number of hydrogen-bond acceptors (Lipinski definition) is 4. The molecule has 2 saturated heterocycles. The van der Waals surface area contributed by atoms with Crippen LogP contribution in [0.2, 0.25) is 0 Å². The summed E-state index contributed by atoms with van der Waals surface area (Å²) in [6.07, 6.45) is 7.36. The van der Waals surface area contributed by atoms with Crippen LogP contribution in [-0.2, 0) is 12.1 Å². The topological polar surface area (TPSA) is 46.0 Å². The zero-order valence-corrected chi connectivity index (χ0v) is 14.4. The first-order valence-electron chi connectivity index (χ1n) is 7.80. The summed E-state index contributed by atoms with van der Waals surface area (Å²) in [5, 5.41) is 12.3. The van der Waals surface area contributed by atoms with Crippen LogP contribution in [0.15, 0.2) is 6.20 Å². The van der Waals surface area contributed by atoms with Crippen LogP contribution < -0.4 is 5.32 Å². The lowest BCUT2D eigenvalue weighted by Crippen LogP contribution is -2.46. The lowest BCUT2D eigenvalue weighted by molar-refractivity contribution is 0.164. The maximum Gasteiger partial charge on any atom is 0.0967 e. The van der Waals surface area contributed by atoms with Crippen LogP contribution in [0.3, 0.4) is 0 Å². The Morgan fingerprint density at radius 2 is 1.90 bits per heavy atom. The average molecular weight is 314 g/mol. The minimum absolute atomic E-state index is 0. The molecular weight excluding hydrogens is 286 g/mol. The highest BCUT2D eigenvalue weighted by atomic mass is 35.5. The van der Waals surface area contributed by atoms with Crippen molar-refractivity contribution in [2.45, 2.75) is 76.7 Å². The molecule has 1 aromatic rings. The van der Waals surface area contributed by atoms with Crippen LogP contribution in [0, 0.1) is 0 Å². The molecule has 0 radical (unpaired) electrons. The van der Waals surface area contributed by atoms with Gasteiger partial charge in [-0.25, -0.2) is 4.68 Å². The number of halogens is 1. The van der Waals surface area contributed by atoms with Gasteiger partial charge in [-0.3, -0.25) is 4.90 Å². The maximum absolute atomic E-state index is 4.33. The summed E-state index contributed by atoms with van der Waals surface area (Å²) in [6, 6.07) is 2.17. The largest absolute Gasteiger partial charge is 0.311 e. The molecule has 0 saturated carbocycles. The second kappa shape index (κ2) is 6.23. The third kappa shape index (κ3) is 3.76. The van der Waals surface area contributed by atoms with E-state index in [9.17, 15) is 0 Å². The highest BCUT2D eigenvalue weighted by Gasteiger charge is 2.35. The van der Waals surface area contributed by atoms with Crippen molar-refractivity contribution in [3.63, 3.8) is 0 Å². The summed E-state index contributed by atoms with van der Waals surface area (Å²) < 4.78 is 1.96. The molecule has 2 atom stereocenters. The molecule has 2 fully saturated rings. The predicted molar refractivity (Wildman–Crippen MR) is 86.7 cm³/mol. The Bertz CT molecular complexity index is 455. The van der Waals surface area contributed by atoms with E-state index in [1.54, 1.807) is 0 Å². The summed E-state index contributed by atoms with van der Waals surface area (Å²) in [5.74, 6) is 0. The van der Waals surface area contributed by atoms with Crippen molar-refractivity contribution in [1.82, 2.24) is 25.2 Å². The van der Waals surface area contributed by atoms with Gasteiger partial charge in [0, 0.05) is 24.7 Å². The lowest BCUT2D eigenvalue weighted by atomic mass is 9.98. The van der Waals surface area contributed by atoms with Crippen LogP contribution in [-0.4, -0.2) is 45.1 Å². The number of fused-ring (bicyclic) bond motifs is 2. The van der Waals surface area contributed by atoms with E-state index in [0.717, 1.165) is 24.3 Å². The molecule has 2 aliphatic heterocycles. The normalized spacial score (nSPS) is 28.7. The van der Waals surface area contributed by atoms with Gasteiger partial charge < -0.3 is 5.32 Å². The molecule has 0 aliphatic carbocycles. The molecule has 1 aromatic heterocycles. The van der Waals surface area contributed by atoms with Gasteiger partial charge in [-0.1, -0.05) is 5.21 Å². The quantitative estimate of drug-likeness (QED) is 0.929. The minimum atomic E-state index is 0. The van der Waals surface area contributed by atoms with Crippen LogP contribution >= 0.6 is 12.4 Å². The van der Waals surface area contributed by atoms with Crippen molar-refractivity contribution in [1.29, 1.82) is 0 Å². The van der Waals surface area contributed by atoms with Crippen molar-refractivity contribution >= 4 is 12.4 Å². The van der Waals surface area contributed by atoms with Crippen molar-refractivity contribution in [3.8, 4) is 0 Å². The molecule has 3 rings (SSSR count). The molecule has 1 N–H and O–H groups in total. The summed E-state index contributed by atoms with van der Waals surface area (Å²) in [6.45, 7) is 7.36. The van der Waals surface area contributed by atoms with E-state index in [4.69, 9.17) is 0 Å². The molecule has 0 aromatic carbocycles. The SMILES string of the molecule is CN(Cc1cn(C(C)(C)C)nn1)C1CC2CCC(C1)N2.Cl. The molecule has 3 heterocycles. The molecule has 0 amide bonds. The fourth-order valence-corrected chi connectivity index (χ4v) is 3.47. The van der Waals surface area contributed by atoms with Crippen LogP contribution in [0.1, 0.15) is 52.1 Å². The van der Waals surface area contributed by atoms with E-state index in [1.165, 1.54) is 25.7 Å². The average Bonchev–Trinajstić information content (AvgIpc) is 2.96. The predicted octanol–water partition coefficient (Wildman–Crippen LogP) is 2.17. The van der Waals surface area contributed by atoms with Crippen molar-refractivity contribution in [2.75, 3.05) is 7.05 Å². The first-order chi connectivity index (χ1) is 9.41.